The molecule has 0 N–H and O–H groups in total. The quantitative estimate of drug-likeness (QED) is 0.161. The fraction of sp³-hybridized carbons (Fsp3) is 0.204. The number of para-hydroxylation sites is 2. The van der Waals surface area contributed by atoms with Crippen LogP contribution in [-0.2, 0) is 27.1 Å². The lowest BCUT2D eigenvalue weighted by molar-refractivity contribution is 0.569. The molecule has 2 aliphatic heterocycles. The maximum absolute atomic E-state index is 2.71. The van der Waals surface area contributed by atoms with E-state index in [1.165, 1.54) is 176 Å². The molecule has 0 amide bonds. The van der Waals surface area contributed by atoms with Gasteiger partial charge in [0.1, 0.15) is 0 Å². The van der Waals surface area contributed by atoms with Crippen molar-refractivity contribution in [1.82, 2.24) is 13.5 Å². The van der Waals surface area contributed by atoms with Gasteiger partial charge in [-0.05, 0) is 194 Å². The van der Waals surface area contributed by atoms with Gasteiger partial charge in [-0.2, -0.15) is 0 Å². The van der Waals surface area contributed by atoms with Gasteiger partial charge in [0, 0.05) is 71.4 Å². The standard InChI is InChI=1S/C98H87BN4/c1-94(2,3)62-39-45-83-76(52-62)77-53-63(95(4,5)6)40-46-84(77)100(83)68-43-47-85-78(56-68)79-54-66(98(13,14)15)55-81-92(79)103(85)88-57-87-89(75-34-25-33-74-72-31-22-20-29-70(72)69-28-19-21-30-71(69)73-32-23-24-35-82(73)102(87)91(74)75)93-90(88)99(81)80-44-38-60(61-48-64(96(7,8)9)51-65(49-61)97(10,11)12)50-86(80)101(93)67-41-36-59(37-42-67)58-26-17-16-18-27-58/h16-57H,1-15H3. The molecule has 17 aromatic rings. The molecule has 0 saturated carbocycles. The summed E-state index contributed by atoms with van der Waals surface area (Å²) < 4.78 is 7.94. The Bertz CT molecular complexity index is 6450. The smallest absolute Gasteiger partial charge is 0.252 e. The molecular weight excluding hydrogens is 1240 g/mol. The first kappa shape index (κ1) is 63.1. The lowest BCUT2D eigenvalue weighted by Gasteiger charge is -2.41. The average Bonchev–Trinajstić information content (AvgIpc) is 1.57. The van der Waals surface area contributed by atoms with Gasteiger partial charge in [-0.3, -0.25) is 0 Å². The van der Waals surface area contributed by atoms with E-state index in [1.54, 1.807) is 0 Å². The molecule has 13 aromatic carbocycles. The van der Waals surface area contributed by atoms with Crippen molar-refractivity contribution in [3.8, 4) is 33.6 Å². The molecule has 502 valence electrons. The van der Waals surface area contributed by atoms with Crippen LogP contribution in [0.5, 0.6) is 0 Å². The summed E-state index contributed by atoms with van der Waals surface area (Å²) in [4.78, 5) is 2.71. The third-order valence-corrected chi connectivity index (χ3v) is 23.3. The van der Waals surface area contributed by atoms with Crippen molar-refractivity contribution in [2.45, 2.75) is 131 Å². The average molecular weight is 1330 g/mol. The number of hydrogen-bond donors (Lipinski definition) is 0. The van der Waals surface area contributed by atoms with E-state index in [2.05, 4.69) is 377 Å². The molecule has 0 radical (unpaired) electrons. The number of anilines is 3. The zero-order valence-electron chi connectivity index (χ0n) is 62.1. The number of aromatic nitrogens is 3. The maximum atomic E-state index is 2.71. The highest BCUT2D eigenvalue weighted by Gasteiger charge is 2.45. The molecule has 0 atom stereocenters. The van der Waals surface area contributed by atoms with Crippen LogP contribution in [0.3, 0.4) is 0 Å². The van der Waals surface area contributed by atoms with Crippen LogP contribution >= 0.6 is 0 Å². The van der Waals surface area contributed by atoms with Gasteiger partial charge >= 0.3 is 0 Å². The van der Waals surface area contributed by atoms with E-state index in [-0.39, 0.29) is 33.8 Å². The van der Waals surface area contributed by atoms with Crippen LogP contribution in [0, 0.1) is 0 Å². The molecule has 0 spiro atoms. The van der Waals surface area contributed by atoms with Gasteiger partial charge in [0.05, 0.1) is 38.8 Å². The maximum Gasteiger partial charge on any atom is 0.252 e. The summed E-state index contributed by atoms with van der Waals surface area (Å²) in [5, 5.41) is 14.8. The van der Waals surface area contributed by atoms with Gasteiger partial charge < -0.3 is 18.4 Å². The Morgan fingerprint density at radius 3 is 1.34 bits per heavy atom. The van der Waals surface area contributed by atoms with Gasteiger partial charge in [0.2, 0.25) is 0 Å². The number of benzene rings is 13. The second kappa shape index (κ2) is 21.8. The van der Waals surface area contributed by atoms with Gasteiger partial charge in [-0.1, -0.05) is 280 Å². The molecule has 103 heavy (non-hydrogen) atoms. The first-order chi connectivity index (χ1) is 49.3. The summed E-state index contributed by atoms with van der Waals surface area (Å²) >= 11 is 0. The van der Waals surface area contributed by atoms with Crippen LogP contribution in [0.2, 0.25) is 0 Å². The topological polar surface area (TPSA) is 17.5 Å². The lowest BCUT2D eigenvalue weighted by atomic mass is 9.33. The molecule has 0 saturated heterocycles. The van der Waals surface area contributed by atoms with Crippen LogP contribution in [-0.4, -0.2) is 20.2 Å². The van der Waals surface area contributed by atoms with Gasteiger partial charge in [0.25, 0.3) is 6.71 Å². The molecule has 0 fully saturated rings. The minimum absolute atomic E-state index is 0.0203. The SMILES string of the molecule is CC(C)(C)c1cc(-c2ccc3c(c2)N(c2ccc(-c4ccccc4)cc2)c2c4c(cc5c2c2cccc6c7ccccc7c7ccccc7c7ccccc7n5c62)-n2c5ccc(-n6c7ccc(C(C)(C)C)cc7c7cc(C(C)(C)C)ccc76)cc5c5cc(C(C)(C)C)cc(c52)B34)cc(C(C)(C)C)c1. The van der Waals surface area contributed by atoms with Crippen molar-refractivity contribution >= 4 is 143 Å². The van der Waals surface area contributed by atoms with E-state index < -0.39 is 0 Å². The highest BCUT2D eigenvalue weighted by atomic mass is 15.2. The van der Waals surface area contributed by atoms with Crippen LogP contribution < -0.4 is 21.3 Å². The van der Waals surface area contributed by atoms with Crippen LogP contribution in [0.25, 0.3) is 137 Å². The summed E-state index contributed by atoms with van der Waals surface area (Å²) in [6.07, 6.45) is 0. The van der Waals surface area contributed by atoms with E-state index in [4.69, 9.17) is 0 Å². The monoisotopic (exact) mass is 1330 g/mol. The Labute approximate surface area is 605 Å². The van der Waals surface area contributed by atoms with Crippen molar-refractivity contribution in [2.24, 2.45) is 0 Å². The number of nitrogens with zero attached hydrogens (tertiary/aromatic N) is 4. The molecule has 2 aliphatic rings. The fourth-order valence-corrected chi connectivity index (χ4v) is 17.7. The van der Waals surface area contributed by atoms with Crippen molar-refractivity contribution in [3.05, 3.63) is 283 Å². The molecule has 5 heteroatoms. The molecule has 4 aromatic heterocycles. The Balaban J connectivity index is 1.01. The summed E-state index contributed by atoms with van der Waals surface area (Å²) in [5.74, 6) is 0. The third-order valence-electron chi connectivity index (χ3n) is 23.3. The molecule has 0 unspecified atom stereocenters. The highest BCUT2D eigenvalue weighted by Crippen LogP contribution is 2.52. The summed E-state index contributed by atoms with van der Waals surface area (Å²) in [7, 11) is 0. The Kier molecular flexibility index (Phi) is 13.4. The number of rotatable bonds is 4. The molecule has 6 heterocycles. The van der Waals surface area contributed by atoms with Crippen molar-refractivity contribution in [3.63, 3.8) is 0 Å². The van der Waals surface area contributed by atoms with Crippen molar-refractivity contribution in [1.29, 1.82) is 0 Å². The molecule has 0 bridgehead atoms. The highest BCUT2D eigenvalue weighted by molar-refractivity contribution is 7.00. The van der Waals surface area contributed by atoms with Crippen LogP contribution in [0.15, 0.2) is 255 Å². The minimum Gasteiger partial charge on any atom is -0.311 e. The lowest BCUT2D eigenvalue weighted by Crippen LogP contribution is -2.60. The predicted molar refractivity (Wildman–Crippen MR) is 446 cm³/mol. The number of fused-ring (bicyclic) bond motifs is 21. The van der Waals surface area contributed by atoms with Gasteiger partial charge in [-0.25, -0.2) is 0 Å². The minimum atomic E-state index is -0.194. The van der Waals surface area contributed by atoms with Crippen molar-refractivity contribution in [2.75, 3.05) is 4.90 Å². The third kappa shape index (κ3) is 9.49. The zero-order valence-corrected chi connectivity index (χ0v) is 62.1. The zero-order chi connectivity index (χ0) is 70.9. The first-order valence-electron chi connectivity index (χ1n) is 37.2. The summed E-state index contributed by atoms with van der Waals surface area (Å²) in [6.45, 7) is 35.2. The number of hydrogen-bond acceptors (Lipinski definition) is 1. The van der Waals surface area contributed by atoms with Gasteiger partial charge in [-0.15, -0.1) is 0 Å². The molecule has 0 aliphatic carbocycles. The second-order valence-corrected chi connectivity index (χ2v) is 35.0. The van der Waals surface area contributed by atoms with E-state index in [9.17, 15) is 0 Å². The largest absolute Gasteiger partial charge is 0.311 e. The van der Waals surface area contributed by atoms with Crippen LogP contribution in [0.1, 0.15) is 132 Å². The van der Waals surface area contributed by atoms with E-state index >= 15 is 0 Å². The van der Waals surface area contributed by atoms with E-state index in [0.717, 1.165) is 22.4 Å². The summed E-state index contributed by atoms with van der Waals surface area (Å²) in [6, 6.07) is 99.6. The Morgan fingerprint density at radius 1 is 0.252 bits per heavy atom. The van der Waals surface area contributed by atoms with E-state index in [0.29, 0.717) is 0 Å². The Morgan fingerprint density at radius 2 is 0.728 bits per heavy atom. The normalized spacial score (nSPS) is 13.5. The Hall–Kier alpha value is -10.9. The molecule has 19 rings (SSSR count). The fourth-order valence-electron chi connectivity index (χ4n) is 17.7. The second-order valence-electron chi connectivity index (χ2n) is 35.0. The summed E-state index contributed by atoms with van der Waals surface area (Å²) in [5.41, 5.74) is 29.3. The van der Waals surface area contributed by atoms with Crippen molar-refractivity contribution < 1.29 is 0 Å². The van der Waals surface area contributed by atoms with E-state index in [1.807, 2.05) is 0 Å². The molecule has 4 nitrogen and oxygen atoms in total. The first-order valence-corrected chi connectivity index (χ1v) is 37.2. The molecular formula is C98H87BN4. The van der Waals surface area contributed by atoms with Gasteiger partial charge in [0.15, 0.2) is 0 Å². The van der Waals surface area contributed by atoms with Crippen LogP contribution in [0.4, 0.5) is 17.1 Å². The predicted octanol–water partition coefficient (Wildman–Crippen LogP) is 24.9.